The average molecular weight is 157 g/mol. The van der Waals surface area contributed by atoms with Crippen LogP contribution in [0.4, 0.5) is 0 Å². The molecule has 0 saturated carbocycles. The normalized spacial score (nSPS) is 23.3. The zero-order valence-electron chi connectivity index (χ0n) is 7.60. The van der Waals surface area contributed by atoms with Gasteiger partial charge in [0.05, 0.1) is 0 Å². The highest BCUT2D eigenvalue weighted by atomic mass is 16.1. The lowest BCUT2D eigenvalue weighted by Gasteiger charge is -2.17. The fourth-order valence-electron chi connectivity index (χ4n) is 1.03. The predicted molar refractivity (Wildman–Crippen MR) is 47.6 cm³/mol. The van der Waals surface area contributed by atoms with E-state index in [9.17, 15) is 4.79 Å². The van der Waals surface area contributed by atoms with Crippen LogP contribution in [0.1, 0.15) is 33.1 Å². The van der Waals surface area contributed by atoms with Crippen LogP contribution in [-0.2, 0) is 4.79 Å². The molecule has 1 N–H and O–H groups in total. The Morgan fingerprint density at radius 2 is 2.27 bits per heavy atom. The molecule has 0 spiro atoms. The van der Waals surface area contributed by atoms with E-state index in [1.807, 2.05) is 6.92 Å². The molecule has 0 bridgehead atoms. The van der Waals surface area contributed by atoms with Crippen molar-refractivity contribution in [1.82, 2.24) is 5.32 Å². The van der Waals surface area contributed by atoms with Crippen LogP contribution in [-0.4, -0.2) is 19.4 Å². The fourth-order valence-corrected chi connectivity index (χ4v) is 1.03. The summed E-state index contributed by atoms with van der Waals surface area (Å²) in [5.41, 5.74) is 0. The molecule has 2 heteroatoms. The van der Waals surface area contributed by atoms with Gasteiger partial charge in [-0.1, -0.05) is 13.8 Å². The van der Waals surface area contributed by atoms with Gasteiger partial charge in [0.1, 0.15) is 6.29 Å². The molecule has 11 heavy (non-hydrogen) atoms. The van der Waals surface area contributed by atoms with E-state index in [0.717, 1.165) is 12.2 Å². The molecule has 1 fully saturated rings. The van der Waals surface area contributed by atoms with E-state index in [0.29, 0.717) is 6.42 Å². The quantitative estimate of drug-likeness (QED) is 0.586. The van der Waals surface area contributed by atoms with Gasteiger partial charge in [0.25, 0.3) is 0 Å². The SMILES string of the molecule is CC1CCCNC1.CCC=O. The molecule has 1 aliphatic heterocycles. The Balaban J connectivity index is 0.000000218. The van der Waals surface area contributed by atoms with E-state index in [1.54, 1.807) is 0 Å². The maximum atomic E-state index is 9.17. The highest BCUT2D eigenvalue weighted by Gasteiger charge is 2.04. The summed E-state index contributed by atoms with van der Waals surface area (Å²) >= 11 is 0. The molecule has 1 unspecified atom stereocenters. The largest absolute Gasteiger partial charge is 0.316 e. The van der Waals surface area contributed by atoms with Crippen LogP contribution in [0.5, 0.6) is 0 Å². The minimum Gasteiger partial charge on any atom is -0.316 e. The van der Waals surface area contributed by atoms with Crippen molar-refractivity contribution < 1.29 is 4.79 Å². The van der Waals surface area contributed by atoms with E-state index in [4.69, 9.17) is 0 Å². The van der Waals surface area contributed by atoms with Gasteiger partial charge < -0.3 is 10.1 Å². The zero-order chi connectivity index (χ0) is 8.53. The topological polar surface area (TPSA) is 29.1 Å². The lowest BCUT2D eigenvalue weighted by atomic mass is 10.0. The van der Waals surface area contributed by atoms with E-state index >= 15 is 0 Å². The standard InChI is InChI=1S/C6H13N.C3H6O/c1-6-3-2-4-7-5-6;1-2-3-4/h6-7H,2-5H2,1H3;3H,2H2,1H3. The Hall–Kier alpha value is -0.370. The lowest BCUT2D eigenvalue weighted by molar-refractivity contribution is -0.107. The average Bonchev–Trinajstić information content (AvgIpc) is 2.07. The maximum Gasteiger partial charge on any atom is 0.119 e. The third kappa shape index (κ3) is 7.53. The Morgan fingerprint density at radius 3 is 2.45 bits per heavy atom. The minimum absolute atomic E-state index is 0.639. The summed E-state index contributed by atoms with van der Waals surface area (Å²) < 4.78 is 0. The van der Waals surface area contributed by atoms with Crippen LogP contribution in [0.15, 0.2) is 0 Å². The van der Waals surface area contributed by atoms with Crippen molar-refractivity contribution in [2.45, 2.75) is 33.1 Å². The molecule has 66 valence electrons. The maximum absolute atomic E-state index is 9.17. The molecule has 0 aliphatic carbocycles. The third-order valence-electron chi connectivity index (χ3n) is 1.71. The number of piperidine rings is 1. The number of hydrogen-bond acceptors (Lipinski definition) is 2. The second-order valence-electron chi connectivity index (χ2n) is 3.03. The second kappa shape index (κ2) is 7.73. The summed E-state index contributed by atoms with van der Waals surface area (Å²) in [7, 11) is 0. The van der Waals surface area contributed by atoms with Crippen LogP contribution >= 0.6 is 0 Å². The Morgan fingerprint density at radius 1 is 1.64 bits per heavy atom. The molecule has 2 nitrogen and oxygen atoms in total. The van der Waals surface area contributed by atoms with Crippen LogP contribution in [0.3, 0.4) is 0 Å². The molecular weight excluding hydrogens is 138 g/mol. The van der Waals surface area contributed by atoms with Gasteiger partial charge in [-0.05, 0) is 31.8 Å². The van der Waals surface area contributed by atoms with Crippen LogP contribution in [0, 0.1) is 5.92 Å². The summed E-state index contributed by atoms with van der Waals surface area (Å²) in [6.07, 6.45) is 4.31. The van der Waals surface area contributed by atoms with Crippen molar-refractivity contribution in [3.8, 4) is 0 Å². The van der Waals surface area contributed by atoms with E-state index in [1.165, 1.54) is 25.9 Å². The molecule has 1 heterocycles. The second-order valence-corrected chi connectivity index (χ2v) is 3.03. The van der Waals surface area contributed by atoms with Crippen molar-refractivity contribution in [3.05, 3.63) is 0 Å². The lowest BCUT2D eigenvalue weighted by Crippen LogP contribution is -2.27. The molecule has 1 saturated heterocycles. The van der Waals surface area contributed by atoms with E-state index in [2.05, 4.69) is 12.2 Å². The molecule has 1 rings (SSSR count). The first-order chi connectivity index (χ1) is 5.31. The predicted octanol–water partition coefficient (Wildman–Crippen LogP) is 1.60. The number of hydrogen-bond donors (Lipinski definition) is 1. The van der Waals surface area contributed by atoms with Crippen LogP contribution < -0.4 is 5.32 Å². The third-order valence-corrected chi connectivity index (χ3v) is 1.71. The number of nitrogens with one attached hydrogen (secondary N) is 1. The van der Waals surface area contributed by atoms with Gasteiger partial charge in [0.15, 0.2) is 0 Å². The number of carbonyl (C=O) groups is 1. The summed E-state index contributed by atoms with van der Waals surface area (Å²) in [5.74, 6) is 0.925. The van der Waals surface area contributed by atoms with Gasteiger partial charge in [-0.2, -0.15) is 0 Å². The van der Waals surface area contributed by atoms with Crippen LogP contribution in [0.25, 0.3) is 0 Å². The van der Waals surface area contributed by atoms with Crippen molar-refractivity contribution in [1.29, 1.82) is 0 Å². The van der Waals surface area contributed by atoms with Crippen molar-refractivity contribution in [3.63, 3.8) is 0 Å². The Labute approximate surface area is 69.4 Å². The molecule has 0 radical (unpaired) electrons. The van der Waals surface area contributed by atoms with Gasteiger partial charge in [-0.25, -0.2) is 0 Å². The molecule has 1 aliphatic rings. The fraction of sp³-hybridized carbons (Fsp3) is 0.889. The van der Waals surface area contributed by atoms with Gasteiger partial charge in [0.2, 0.25) is 0 Å². The van der Waals surface area contributed by atoms with Crippen molar-refractivity contribution in [2.24, 2.45) is 5.92 Å². The van der Waals surface area contributed by atoms with Gasteiger partial charge in [-0.3, -0.25) is 0 Å². The first-order valence-electron chi connectivity index (χ1n) is 4.45. The number of carbonyl (C=O) groups excluding carboxylic acids is 1. The Bertz CT molecular complexity index is 87.6. The Kier molecular flexibility index (Phi) is 7.47. The van der Waals surface area contributed by atoms with Crippen molar-refractivity contribution in [2.75, 3.05) is 13.1 Å². The molecule has 0 aromatic heterocycles. The summed E-state index contributed by atoms with van der Waals surface area (Å²) in [5, 5.41) is 3.33. The highest BCUT2D eigenvalue weighted by Crippen LogP contribution is 2.06. The number of aldehydes is 1. The summed E-state index contributed by atoms with van der Waals surface area (Å²) in [6.45, 7) is 6.59. The minimum atomic E-state index is 0.639. The molecule has 0 aromatic rings. The van der Waals surface area contributed by atoms with E-state index < -0.39 is 0 Å². The zero-order valence-corrected chi connectivity index (χ0v) is 7.60. The molecule has 1 atom stereocenters. The first kappa shape index (κ1) is 10.6. The van der Waals surface area contributed by atoms with E-state index in [-0.39, 0.29) is 0 Å². The van der Waals surface area contributed by atoms with Crippen LogP contribution in [0.2, 0.25) is 0 Å². The van der Waals surface area contributed by atoms with Gasteiger partial charge in [0, 0.05) is 6.42 Å². The molecule has 0 aromatic carbocycles. The highest BCUT2D eigenvalue weighted by molar-refractivity contribution is 5.48. The summed E-state index contributed by atoms with van der Waals surface area (Å²) in [6, 6.07) is 0. The summed E-state index contributed by atoms with van der Waals surface area (Å²) in [4.78, 5) is 9.17. The monoisotopic (exact) mass is 157 g/mol. The first-order valence-corrected chi connectivity index (χ1v) is 4.45. The number of rotatable bonds is 1. The van der Waals surface area contributed by atoms with Gasteiger partial charge in [-0.15, -0.1) is 0 Å². The molecular formula is C9H19NO. The smallest absolute Gasteiger partial charge is 0.119 e. The van der Waals surface area contributed by atoms with Gasteiger partial charge >= 0.3 is 0 Å². The molecule has 0 amide bonds. The van der Waals surface area contributed by atoms with Crippen molar-refractivity contribution >= 4 is 6.29 Å².